The van der Waals surface area contributed by atoms with Crippen LogP contribution >= 0.6 is 11.3 Å². The summed E-state index contributed by atoms with van der Waals surface area (Å²) in [5.74, 6) is 0.321. The smallest absolute Gasteiger partial charge is 0.223 e. The molecule has 3 rings (SSSR count). The predicted octanol–water partition coefficient (Wildman–Crippen LogP) is 2.97. The predicted molar refractivity (Wildman–Crippen MR) is 104 cm³/mol. The van der Waals surface area contributed by atoms with E-state index in [9.17, 15) is 4.79 Å². The van der Waals surface area contributed by atoms with Crippen LogP contribution < -0.4 is 5.32 Å². The number of hydrogen-bond acceptors (Lipinski definition) is 5. The van der Waals surface area contributed by atoms with Gasteiger partial charge in [0.25, 0.3) is 0 Å². The van der Waals surface area contributed by atoms with Gasteiger partial charge in [-0.15, -0.1) is 11.3 Å². The fraction of sp³-hybridized carbons (Fsp3) is 0.750. The normalized spacial score (nSPS) is 21.6. The zero-order valence-corrected chi connectivity index (χ0v) is 16.9. The second kappa shape index (κ2) is 9.31. The highest BCUT2D eigenvalue weighted by molar-refractivity contribution is 7.10. The Hall–Kier alpha value is -0.950. The molecule has 0 unspecified atom stereocenters. The van der Waals surface area contributed by atoms with Crippen molar-refractivity contribution in [3.8, 4) is 0 Å². The van der Waals surface area contributed by atoms with Crippen LogP contribution in [0.5, 0.6) is 0 Å². The minimum Gasteiger partial charge on any atom is -0.385 e. The Bertz CT molecular complexity index is 575. The first-order valence-electron chi connectivity index (χ1n) is 9.76. The van der Waals surface area contributed by atoms with E-state index >= 15 is 0 Å². The third kappa shape index (κ3) is 5.06. The first-order chi connectivity index (χ1) is 12.6. The van der Waals surface area contributed by atoms with Crippen LogP contribution in [0, 0.1) is 12.8 Å². The van der Waals surface area contributed by atoms with Crippen molar-refractivity contribution in [3.63, 3.8) is 0 Å². The minimum absolute atomic E-state index is 0.106. The molecule has 146 valence electrons. The van der Waals surface area contributed by atoms with E-state index in [1.54, 1.807) is 7.11 Å². The Morgan fingerprint density at radius 1 is 1.38 bits per heavy atom. The molecule has 2 aliphatic heterocycles. The zero-order valence-electron chi connectivity index (χ0n) is 16.1. The Morgan fingerprint density at radius 3 is 2.73 bits per heavy atom. The number of hydrogen-bond donors (Lipinski definition) is 1. The molecule has 0 aromatic carbocycles. The molecule has 0 aliphatic carbocycles. The van der Waals surface area contributed by atoms with E-state index in [-0.39, 0.29) is 17.4 Å². The van der Waals surface area contributed by atoms with Gasteiger partial charge in [-0.05, 0) is 56.0 Å². The van der Waals surface area contributed by atoms with Gasteiger partial charge < -0.3 is 14.8 Å². The maximum Gasteiger partial charge on any atom is 0.223 e. The molecule has 3 heterocycles. The number of piperidine rings is 1. The van der Waals surface area contributed by atoms with Gasteiger partial charge in [-0.25, -0.2) is 0 Å². The molecule has 26 heavy (non-hydrogen) atoms. The molecule has 5 nitrogen and oxygen atoms in total. The maximum atomic E-state index is 12.8. The van der Waals surface area contributed by atoms with Crippen molar-refractivity contribution in [2.75, 3.05) is 40.0 Å². The Balaban J connectivity index is 1.57. The van der Waals surface area contributed by atoms with Crippen molar-refractivity contribution in [3.05, 3.63) is 21.9 Å². The van der Waals surface area contributed by atoms with Gasteiger partial charge >= 0.3 is 0 Å². The largest absolute Gasteiger partial charge is 0.385 e. The highest BCUT2D eigenvalue weighted by Crippen LogP contribution is 2.29. The number of likely N-dealkylation sites (tertiary alicyclic amines) is 1. The van der Waals surface area contributed by atoms with Crippen LogP contribution in [0.3, 0.4) is 0 Å². The lowest BCUT2D eigenvalue weighted by atomic mass is 9.83. The van der Waals surface area contributed by atoms with Crippen molar-refractivity contribution in [2.45, 2.75) is 51.1 Å². The maximum absolute atomic E-state index is 12.8. The molecule has 6 heteroatoms. The molecule has 0 atom stereocenters. The second-order valence-electron chi connectivity index (χ2n) is 7.70. The molecule has 1 aromatic heterocycles. The number of thiophene rings is 1. The van der Waals surface area contributed by atoms with E-state index in [4.69, 9.17) is 9.47 Å². The third-order valence-corrected chi connectivity index (χ3v) is 6.92. The average molecular weight is 381 g/mol. The molecule has 1 N–H and O–H groups in total. The molecule has 2 fully saturated rings. The lowest BCUT2D eigenvalue weighted by molar-refractivity contribution is -0.130. The van der Waals surface area contributed by atoms with Gasteiger partial charge in [0.05, 0.1) is 0 Å². The van der Waals surface area contributed by atoms with E-state index in [0.717, 1.165) is 51.7 Å². The number of ether oxygens (including phenoxy) is 2. The summed E-state index contributed by atoms with van der Waals surface area (Å²) in [4.78, 5) is 16.8. The van der Waals surface area contributed by atoms with Crippen molar-refractivity contribution in [1.29, 1.82) is 0 Å². The van der Waals surface area contributed by atoms with E-state index in [0.29, 0.717) is 19.8 Å². The number of rotatable bonds is 7. The fourth-order valence-electron chi connectivity index (χ4n) is 3.97. The van der Waals surface area contributed by atoms with Gasteiger partial charge in [-0.1, -0.05) is 0 Å². The molecule has 0 spiro atoms. The van der Waals surface area contributed by atoms with Gasteiger partial charge in [0.15, 0.2) is 0 Å². The molecular formula is C20H32N2O3S. The molecule has 1 aromatic rings. The van der Waals surface area contributed by atoms with E-state index < -0.39 is 0 Å². The lowest BCUT2D eigenvalue weighted by Gasteiger charge is -2.43. The molecule has 0 radical (unpaired) electrons. The summed E-state index contributed by atoms with van der Waals surface area (Å²) < 4.78 is 10.7. The topological polar surface area (TPSA) is 50.8 Å². The summed E-state index contributed by atoms with van der Waals surface area (Å²) in [7, 11) is 1.74. The van der Waals surface area contributed by atoms with E-state index in [1.165, 1.54) is 10.4 Å². The number of amides is 1. The minimum atomic E-state index is -0.119. The van der Waals surface area contributed by atoms with Crippen molar-refractivity contribution >= 4 is 17.2 Å². The quantitative estimate of drug-likeness (QED) is 0.790. The van der Waals surface area contributed by atoms with Crippen LogP contribution in [0.25, 0.3) is 0 Å². The lowest BCUT2D eigenvalue weighted by Crippen LogP contribution is -2.57. The monoisotopic (exact) mass is 380 g/mol. The Morgan fingerprint density at radius 2 is 2.12 bits per heavy atom. The average Bonchev–Trinajstić information content (AvgIpc) is 3.07. The fourth-order valence-corrected chi connectivity index (χ4v) is 4.91. The van der Waals surface area contributed by atoms with Gasteiger partial charge in [-0.2, -0.15) is 0 Å². The standard InChI is InChI=1S/C20H32N2O3S/c1-16-5-14-26-18(16)15-22-9-6-20(7-10-22,8-13-24-2)21-19(23)17-3-11-25-12-4-17/h5,14,17H,3-4,6-13,15H2,1-2H3,(H,21,23). The molecule has 0 saturated carbocycles. The highest BCUT2D eigenvalue weighted by Gasteiger charge is 2.37. The van der Waals surface area contributed by atoms with Crippen LogP contribution in [-0.4, -0.2) is 56.4 Å². The number of nitrogens with zero attached hydrogens (tertiary/aromatic N) is 1. The summed E-state index contributed by atoms with van der Waals surface area (Å²) in [5, 5.41) is 5.60. The van der Waals surface area contributed by atoms with E-state index in [1.807, 2.05) is 11.3 Å². The van der Waals surface area contributed by atoms with Crippen LogP contribution in [0.2, 0.25) is 0 Å². The zero-order chi connectivity index (χ0) is 18.4. The number of methoxy groups -OCH3 is 1. The number of carbonyl (C=O) groups is 1. The van der Waals surface area contributed by atoms with Gasteiger partial charge in [0.1, 0.15) is 0 Å². The number of aryl methyl sites for hydroxylation is 1. The van der Waals surface area contributed by atoms with Crippen LogP contribution in [0.4, 0.5) is 0 Å². The first kappa shape index (κ1) is 19.8. The highest BCUT2D eigenvalue weighted by atomic mass is 32.1. The Labute approximate surface area is 161 Å². The molecular weight excluding hydrogens is 348 g/mol. The number of carbonyl (C=O) groups excluding carboxylic acids is 1. The van der Waals surface area contributed by atoms with Crippen molar-refractivity contribution in [2.24, 2.45) is 5.92 Å². The Kier molecular flexibility index (Phi) is 7.09. The van der Waals surface area contributed by atoms with Gasteiger partial charge in [0.2, 0.25) is 5.91 Å². The molecule has 1 amide bonds. The van der Waals surface area contributed by atoms with Crippen LogP contribution in [-0.2, 0) is 20.8 Å². The summed E-state index contributed by atoms with van der Waals surface area (Å²) in [6, 6.07) is 2.20. The molecule has 0 bridgehead atoms. The molecule has 2 aliphatic rings. The van der Waals surface area contributed by atoms with Crippen molar-refractivity contribution in [1.82, 2.24) is 10.2 Å². The second-order valence-corrected chi connectivity index (χ2v) is 8.70. The summed E-state index contributed by atoms with van der Waals surface area (Å²) in [6.07, 6.45) is 4.57. The first-order valence-corrected chi connectivity index (χ1v) is 10.6. The van der Waals surface area contributed by atoms with Crippen molar-refractivity contribution < 1.29 is 14.3 Å². The van der Waals surface area contributed by atoms with Crippen LogP contribution in [0.1, 0.15) is 42.5 Å². The summed E-state index contributed by atoms with van der Waals surface area (Å²) in [5.41, 5.74) is 1.27. The summed E-state index contributed by atoms with van der Waals surface area (Å²) >= 11 is 1.84. The van der Waals surface area contributed by atoms with Gasteiger partial charge in [0, 0.05) is 62.9 Å². The summed E-state index contributed by atoms with van der Waals surface area (Å²) in [6.45, 7) is 7.36. The number of nitrogens with one attached hydrogen (secondary N) is 1. The third-order valence-electron chi connectivity index (χ3n) is 5.91. The SMILES string of the molecule is COCCC1(NC(=O)C2CCOCC2)CCN(Cc2sccc2C)CC1. The van der Waals surface area contributed by atoms with E-state index in [2.05, 4.69) is 28.6 Å². The van der Waals surface area contributed by atoms with Crippen LogP contribution in [0.15, 0.2) is 11.4 Å². The molecule has 2 saturated heterocycles. The van der Waals surface area contributed by atoms with Gasteiger partial charge in [-0.3, -0.25) is 9.69 Å².